The van der Waals surface area contributed by atoms with Crippen molar-refractivity contribution in [3.05, 3.63) is 0 Å². The molecule has 0 aromatic carbocycles. The van der Waals surface area contributed by atoms with Crippen LogP contribution in [0.5, 0.6) is 0 Å². The van der Waals surface area contributed by atoms with Crippen molar-refractivity contribution in [1.82, 2.24) is 0 Å². The molecule has 0 bridgehead atoms. The molecule has 0 aliphatic rings. The van der Waals surface area contributed by atoms with E-state index < -0.39 is 0 Å². The third kappa shape index (κ3) is 19.2. The van der Waals surface area contributed by atoms with Gasteiger partial charge in [0.15, 0.2) is 0 Å². The topological polar surface area (TPSA) is 0 Å². The monoisotopic (exact) mass is 481 g/mol. The molecule has 0 aromatic rings. The van der Waals surface area contributed by atoms with Crippen LogP contribution in [0.25, 0.3) is 0 Å². The van der Waals surface area contributed by atoms with Gasteiger partial charge in [-0.15, -0.1) is 0 Å². The first-order valence-corrected chi connectivity index (χ1v) is 16.5. The van der Waals surface area contributed by atoms with E-state index in [4.69, 9.17) is 0 Å². The molecule has 0 N–H and O–H groups in total. The third-order valence-corrected chi connectivity index (χ3v) is 8.49. The summed E-state index contributed by atoms with van der Waals surface area (Å²) in [6.07, 6.45) is 34.4. The SMILES string of the molecule is CCCCC(CCCC)(CCCC)CCCC.CCCCC(CCCC)(CCCC)CCCC. The molecule has 34 heavy (non-hydrogen) atoms. The molecule has 0 aliphatic carbocycles. The van der Waals surface area contributed by atoms with Gasteiger partial charge in [-0.2, -0.15) is 0 Å². The summed E-state index contributed by atoms with van der Waals surface area (Å²) in [5.41, 5.74) is 1.41. The van der Waals surface area contributed by atoms with E-state index in [1.54, 1.807) is 0 Å². The smallest absolute Gasteiger partial charge is 0.0297 e. The molecule has 0 saturated carbocycles. The average Bonchev–Trinajstić information content (AvgIpc) is 2.87. The van der Waals surface area contributed by atoms with Crippen LogP contribution in [-0.2, 0) is 0 Å². The number of unbranched alkanes of at least 4 members (excludes halogenated alkanes) is 8. The Morgan fingerprint density at radius 1 is 0.235 bits per heavy atom. The predicted octanol–water partition coefficient (Wildman–Crippen LogP) is 13.5. The van der Waals surface area contributed by atoms with Gasteiger partial charge in [-0.1, -0.05) is 158 Å². The van der Waals surface area contributed by atoms with Gasteiger partial charge in [-0.25, -0.2) is 0 Å². The van der Waals surface area contributed by atoms with Crippen LogP contribution in [0, 0.1) is 10.8 Å². The van der Waals surface area contributed by atoms with Gasteiger partial charge in [0.2, 0.25) is 0 Å². The van der Waals surface area contributed by atoms with Crippen molar-refractivity contribution in [2.75, 3.05) is 0 Å². The third-order valence-electron chi connectivity index (χ3n) is 8.49. The molecule has 0 amide bonds. The van der Waals surface area contributed by atoms with E-state index in [0.717, 1.165) is 0 Å². The largest absolute Gasteiger partial charge is 0.0654 e. The van der Waals surface area contributed by atoms with Crippen molar-refractivity contribution in [3.8, 4) is 0 Å². The lowest BCUT2D eigenvalue weighted by Crippen LogP contribution is -2.21. The predicted molar refractivity (Wildman–Crippen MR) is 161 cm³/mol. The maximum Gasteiger partial charge on any atom is -0.0297 e. The minimum Gasteiger partial charge on any atom is -0.0654 e. The molecule has 0 rings (SSSR count). The molecule has 0 heteroatoms. The van der Waals surface area contributed by atoms with E-state index in [1.165, 1.54) is 154 Å². The van der Waals surface area contributed by atoms with Gasteiger partial charge < -0.3 is 0 Å². The molecule has 0 radical (unpaired) electrons. The van der Waals surface area contributed by atoms with E-state index in [-0.39, 0.29) is 0 Å². The minimum atomic E-state index is 0.706. The fourth-order valence-electron chi connectivity index (χ4n) is 5.91. The van der Waals surface area contributed by atoms with Gasteiger partial charge >= 0.3 is 0 Å². The lowest BCUT2D eigenvalue weighted by Gasteiger charge is -2.34. The van der Waals surface area contributed by atoms with E-state index in [1.807, 2.05) is 0 Å². The first kappa shape index (κ1) is 36.2. The zero-order valence-corrected chi connectivity index (χ0v) is 26.0. The second-order valence-corrected chi connectivity index (χ2v) is 11.8. The van der Waals surface area contributed by atoms with Gasteiger partial charge in [0.25, 0.3) is 0 Å². The molecule has 208 valence electrons. The van der Waals surface area contributed by atoms with E-state index in [9.17, 15) is 0 Å². The zero-order chi connectivity index (χ0) is 26.0. The highest BCUT2D eigenvalue weighted by molar-refractivity contribution is 4.80. The average molecular weight is 481 g/mol. The molecule has 0 spiro atoms. The molecule has 0 fully saturated rings. The molecule has 0 atom stereocenters. The van der Waals surface area contributed by atoms with Crippen LogP contribution >= 0.6 is 0 Å². The van der Waals surface area contributed by atoms with Crippen molar-refractivity contribution in [2.24, 2.45) is 10.8 Å². The van der Waals surface area contributed by atoms with E-state index in [2.05, 4.69) is 55.4 Å². The maximum absolute atomic E-state index is 2.34. The van der Waals surface area contributed by atoms with Crippen molar-refractivity contribution < 1.29 is 0 Å². The summed E-state index contributed by atoms with van der Waals surface area (Å²) in [4.78, 5) is 0. The Balaban J connectivity index is 0. The first-order chi connectivity index (χ1) is 16.5. The molecule has 0 unspecified atom stereocenters. The highest BCUT2D eigenvalue weighted by Gasteiger charge is 2.28. The van der Waals surface area contributed by atoms with E-state index >= 15 is 0 Å². The molecular weight excluding hydrogens is 408 g/mol. The summed E-state index contributed by atoms with van der Waals surface area (Å²) >= 11 is 0. The van der Waals surface area contributed by atoms with Gasteiger partial charge in [0, 0.05) is 0 Å². The van der Waals surface area contributed by atoms with Crippen molar-refractivity contribution in [2.45, 2.75) is 209 Å². The van der Waals surface area contributed by atoms with Crippen molar-refractivity contribution in [3.63, 3.8) is 0 Å². The molecule has 0 heterocycles. The Hall–Kier alpha value is 0. The molecule has 0 aliphatic heterocycles. The lowest BCUT2D eigenvalue weighted by molar-refractivity contribution is 0.177. The summed E-state index contributed by atoms with van der Waals surface area (Å²) < 4.78 is 0. The van der Waals surface area contributed by atoms with Crippen LogP contribution in [0.15, 0.2) is 0 Å². The Morgan fingerprint density at radius 3 is 0.441 bits per heavy atom. The van der Waals surface area contributed by atoms with Gasteiger partial charge in [0.1, 0.15) is 0 Å². The van der Waals surface area contributed by atoms with Crippen LogP contribution in [0.1, 0.15) is 209 Å². The van der Waals surface area contributed by atoms with Crippen LogP contribution in [0.2, 0.25) is 0 Å². The van der Waals surface area contributed by atoms with Crippen molar-refractivity contribution >= 4 is 0 Å². The summed E-state index contributed by atoms with van der Waals surface area (Å²) in [6, 6.07) is 0. The quantitative estimate of drug-likeness (QED) is 0.129. The van der Waals surface area contributed by atoms with Gasteiger partial charge in [0.05, 0.1) is 0 Å². The molecule has 0 nitrogen and oxygen atoms in total. The lowest BCUT2D eigenvalue weighted by atomic mass is 9.71. The fraction of sp³-hybridized carbons (Fsp3) is 1.00. The zero-order valence-electron chi connectivity index (χ0n) is 26.0. The summed E-state index contributed by atoms with van der Waals surface area (Å²) in [6.45, 7) is 18.7. The highest BCUT2D eigenvalue weighted by Crippen LogP contribution is 2.42. The minimum absolute atomic E-state index is 0.706. The molecular formula is C34H72. The number of hydrogen-bond donors (Lipinski definition) is 0. The van der Waals surface area contributed by atoms with E-state index in [0.29, 0.717) is 10.8 Å². The fourth-order valence-corrected chi connectivity index (χ4v) is 5.91. The summed E-state index contributed by atoms with van der Waals surface area (Å²) in [5.74, 6) is 0. The van der Waals surface area contributed by atoms with Crippen molar-refractivity contribution in [1.29, 1.82) is 0 Å². The Kier molecular flexibility index (Phi) is 27.7. The normalized spacial score (nSPS) is 12.0. The van der Waals surface area contributed by atoms with Gasteiger partial charge in [-0.3, -0.25) is 0 Å². The van der Waals surface area contributed by atoms with Crippen LogP contribution in [0.4, 0.5) is 0 Å². The highest BCUT2D eigenvalue weighted by atomic mass is 14.3. The second-order valence-electron chi connectivity index (χ2n) is 11.8. The second kappa shape index (κ2) is 26.1. The molecule has 0 saturated heterocycles. The van der Waals surface area contributed by atoms with Gasteiger partial charge in [-0.05, 0) is 62.2 Å². The Morgan fingerprint density at radius 2 is 0.353 bits per heavy atom. The maximum atomic E-state index is 2.34. The number of rotatable bonds is 24. The van der Waals surface area contributed by atoms with Crippen LogP contribution < -0.4 is 0 Å². The Bertz CT molecular complexity index is 257. The molecule has 0 aromatic heterocycles. The first-order valence-electron chi connectivity index (χ1n) is 16.5. The Labute approximate surface area is 220 Å². The summed E-state index contributed by atoms with van der Waals surface area (Å²) in [5, 5.41) is 0. The van der Waals surface area contributed by atoms with Crippen LogP contribution in [0.3, 0.4) is 0 Å². The van der Waals surface area contributed by atoms with Crippen LogP contribution in [-0.4, -0.2) is 0 Å². The standard InChI is InChI=1S/2C17H36/c2*1-5-9-13-17(14-10-6-2,15-11-7-3)16-12-8-4/h2*5-16H2,1-4H3. The number of hydrogen-bond acceptors (Lipinski definition) is 0. The summed E-state index contributed by atoms with van der Waals surface area (Å²) in [7, 11) is 0.